The molecule has 21 heavy (non-hydrogen) atoms. The van der Waals surface area contributed by atoms with Crippen LogP contribution in [0.25, 0.3) is 10.9 Å². The van der Waals surface area contributed by atoms with Gasteiger partial charge in [0, 0.05) is 42.0 Å². The summed E-state index contributed by atoms with van der Waals surface area (Å²) < 4.78 is 0. The zero-order valence-electron chi connectivity index (χ0n) is 12.3. The van der Waals surface area contributed by atoms with Gasteiger partial charge in [0.15, 0.2) is 0 Å². The maximum absolute atomic E-state index is 10.9. The quantitative estimate of drug-likeness (QED) is 0.465. The van der Waals surface area contributed by atoms with Gasteiger partial charge in [0.1, 0.15) is 0 Å². The number of nitrogens with one attached hydrogen (secondary N) is 2. The number of benzene rings is 1. The molecule has 0 fully saturated rings. The lowest BCUT2D eigenvalue weighted by molar-refractivity contribution is -0.384. The van der Waals surface area contributed by atoms with Crippen LogP contribution in [0.5, 0.6) is 0 Å². The monoisotopic (exact) mass is 288 g/mol. The van der Waals surface area contributed by atoms with E-state index in [1.807, 2.05) is 13.0 Å². The van der Waals surface area contributed by atoms with E-state index in [4.69, 9.17) is 0 Å². The Balaban J connectivity index is 2.23. The average Bonchev–Trinajstić information content (AvgIpc) is 2.46. The van der Waals surface area contributed by atoms with Crippen molar-refractivity contribution in [2.45, 2.75) is 20.3 Å². The van der Waals surface area contributed by atoms with E-state index in [9.17, 15) is 10.1 Å². The van der Waals surface area contributed by atoms with Gasteiger partial charge in [0.05, 0.1) is 10.4 Å². The van der Waals surface area contributed by atoms with Crippen molar-refractivity contribution in [2.75, 3.05) is 25.0 Å². The molecule has 1 aromatic carbocycles. The Labute approximate surface area is 123 Å². The molecule has 112 valence electrons. The molecule has 2 N–H and O–H groups in total. The molecule has 0 unspecified atom stereocenters. The molecule has 0 amide bonds. The second-order valence-electron chi connectivity index (χ2n) is 4.95. The number of aryl methyl sites for hydroxylation is 1. The molecule has 0 aliphatic heterocycles. The van der Waals surface area contributed by atoms with Crippen LogP contribution in [0, 0.1) is 17.0 Å². The van der Waals surface area contributed by atoms with Crippen LogP contribution in [0.2, 0.25) is 0 Å². The summed E-state index contributed by atoms with van der Waals surface area (Å²) in [6, 6.07) is 6.68. The molecule has 0 bridgehead atoms. The summed E-state index contributed by atoms with van der Waals surface area (Å²) in [5.41, 5.74) is 2.63. The number of aromatic nitrogens is 1. The van der Waals surface area contributed by atoms with Crippen molar-refractivity contribution >= 4 is 22.3 Å². The van der Waals surface area contributed by atoms with Crippen molar-refractivity contribution < 1.29 is 4.92 Å². The highest BCUT2D eigenvalue weighted by Crippen LogP contribution is 2.27. The fourth-order valence-corrected chi connectivity index (χ4v) is 2.19. The van der Waals surface area contributed by atoms with Crippen LogP contribution >= 0.6 is 0 Å². The van der Waals surface area contributed by atoms with E-state index in [0.717, 1.165) is 48.3 Å². The van der Waals surface area contributed by atoms with Crippen molar-refractivity contribution in [3.63, 3.8) is 0 Å². The number of fused-ring (bicyclic) bond motifs is 1. The first-order chi connectivity index (χ1) is 10.1. The van der Waals surface area contributed by atoms with Crippen LogP contribution in [-0.4, -0.2) is 29.5 Å². The highest BCUT2D eigenvalue weighted by atomic mass is 16.6. The Morgan fingerprint density at radius 1 is 1.24 bits per heavy atom. The summed E-state index contributed by atoms with van der Waals surface area (Å²) >= 11 is 0. The van der Waals surface area contributed by atoms with Gasteiger partial charge in [-0.2, -0.15) is 0 Å². The summed E-state index contributed by atoms with van der Waals surface area (Å²) in [5, 5.41) is 18.3. The zero-order valence-corrected chi connectivity index (χ0v) is 12.3. The van der Waals surface area contributed by atoms with E-state index < -0.39 is 0 Å². The minimum absolute atomic E-state index is 0.0836. The molecule has 6 heteroatoms. The number of nitro benzene ring substituents is 1. The zero-order chi connectivity index (χ0) is 15.2. The lowest BCUT2D eigenvalue weighted by Crippen LogP contribution is -2.22. The summed E-state index contributed by atoms with van der Waals surface area (Å²) in [6.45, 7) is 6.65. The largest absolute Gasteiger partial charge is 0.383 e. The van der Waals surface area contributed by atoms with Gasteiger partial charge in [-0.15, -0.1) is 0 Å². The summed E-state index contributed by atoms with van der Waals surface area (Å²) in [5.74, 6) is 0. The fraction of sp³-hybridized carbons (Fsp3) is 0.400. The Morgan fingerprint density at radius 3 is 2.76 bits per heavy atom. The summed E-state index contributed by atoms with van der Waals surface area (Å²) in [4.78, 5) is 14.9. The Bertz CT molecular complexity index is 643. The van der Waals surface area contributed by atoms with Crippen molar-refractivity contribution in [3.8, 4) is 0 Å². The average molecular weight is 288 g/mol. The Hall–Kier alpha value is -2.21. The first kappa shape index (κ1) is 15.2. The van der Waals surface area contributed by atoms with Crippen molar-refractivity contribution in [3.05, 3.63) is 40.1 Å². The molecule has 2 rings (SSSR count). The third kappa shape index (κ3) is 3.88. The van der Waals surface area contributed by atoms with Crippen molar-refractivity contribution in [1.82, 2.24) is 10.3 Å². The highest BCUT2D eigenvalue weighted by molar-refractivity contribution is 5.93. The molecule has 0 radical (unpaired) electrons. The molecule has 0 aliphatic carbocycles. The number of hydrogen-bond donors (Lipinski definition) is 2. The van der Waals surface area contributed by atoms with E-state index >= 15 is 0 Å². The highest BCUT2D eigenvalue weighted by Gasteiger charge is 2.10. The molecule has 0 atom stereocenters. The van der Waals surface area contributed by atoms with Crippen LogP contribution in [-0.2, 0) is 0 Å². The van der Waals surface area contributed by atoms with Gasteiger partial charge in [-0.3, -0.25) is 15.1 Å². The van der Waals surface area contributed by atoms with E-state index in [-0.39, 0.29) is 10.6 Å². The van der Waals surface area contributed by atoms with Crippen molar-refractivity contribution in [2.24, 2.45) is 0 Å². The number of anilines is 1. The topological polar surface area (TPSA) is 80.1 Å². The number of nitrogens with zero attached hydrogens (tertiary/aromatic N) is 2. The van der Waals surface area contributed by atoms with Gasteiger partial charge < -0.3 is 10.6 Å². The molecule has 0 saturated heterocycles. The number of rotatable bonds is 7. The van der Waals surface area contributed by atoms with Crippen LogP contribution in [0.15, 0.2) is 24.3 Å². The van der Waals surface area contributed by atoms with Gasteiger partial charge in [0.25, 0.3) is 5.69 Å². The molecule has 6 nitrogen and oxygen atoms in total. The normalized spacial score (nSPS) is 10.8. The molecule has 0 spiro atoms. The Kier molecular flexibility index (Phi) is 5.05. The van der Waals surface area contributed by atoms with Gasteiger partial charge in [-0.1, -0.05) is 6.92 Å². The predicted molar refractivity (Wildman–Crippen MR) is 84.8 cm³/mol. The Morgan fingerprint density at radius 2 is 2.05 bits per heavy atom. The van der Waals surface area contributed by atoms with Crippen LogP contribution in [0.4, 0.5) is 11.4 Å². The minimum Gasteiger partial charge on any atom is -0.383 e. The van der Waals surface area contributed by atoms with Crippen LogP contribution < -0.4 is 10.6 Å². The standard InChI is InChI=1S/C15H20N4O2/c1-3-6-16-7-8-17-15-9-11(2)18-14-5-4-12(19(20)21)10-13(14)15/h4-5,9-10,16H,3,6-8H2,1-2H3,(H,17,18). The van der Waals surface area contributed by atoms with E-state index in [0.29, 0.717) is 0 Å². The number of hydrogen-bond acceptors (Lipinski definition) is 5. The van der Waals surface area contributed by atoms with Crippen LogP contribution in [0.1, 0.15) is 19.0 Å². The molecule has 0 saturated carbocycles. The van der Waals surface area contributed by atoms with E-state index in [1.54, 1.807) is 12.1 Å². The van der Waals surface area contributed by atoms with Crippen molar-refractivity contribution in [1.29, 1.82) is 0 Å². The molecule has 0 aliphatic rings. The molecule has 1 aromatic heterocycles. The maximum atomic E-state index is 10.9. The number of nitro groups is 1. The van der Waals surface area contributed by atoms with Gasteiger partial charge in [-0.05, 0) is 32.0 Å². The second-order valence-corrected chi connectivity index (χ2v) is 4.95. The molecular formula is C15H20N4O2. The first-order valence-electron chi connectivity index (χ1n) is 7.12. The molecular weight excluding hydrogens is 268 g/mol. The van der Waals surface area contributed by atoms with Crippen LogP contribution in [0.3, 0.4) is 0 Å². The van der Waals surface area contributed by atoms with E-state index in [1.165, 1.54) is 6.07 Å². The lowest BCUT2D eigenvalue weighted by atomic mass is 10.1. The van der Waals surface area contributed by atoms with Gasteiger partial charge in [0.2, 0.25) is 0 Å². The predicted octanol–water partition coefficient (Wildman–Crippen LogP) is 2.86. The maximum Gasteiger partial charge on any atom is 0.270 e. The lowest BCUT2D eigenvalue weighted by Gasteiger charge is -2.11. The molecule has 2 aromatic rings. The van der Waals surface area contributed by atoms with Gasteiger partial charge in [-0.25, -0.2) is 0 Å². The van der Waals surface area contributed by atoms with E-state index in [2.05, 4.69) is 22.5 Å². The van der Waals surface area contributed by atoms with Gasteiger partial charge >= 0.3 is 0 Å². The number of non-ortho nitro benzene ring substituents is 1. The SMILES string of the molecule is CCCNCCNc1cc(C)nc2ccc([N+](=O)[O-])cc12. The summed E-state index contributed by atoms with van der Waals surface area (Å²) in [7, 11) is 0. The minimum atomic E-state index is -0.383. The number of pyridine rings is 1. The third-order valence-electron chi connectivity index (χ3n) is 3.18. The second kappa shape index (κ2) is 6.99. The first-order valence-corrected chi connectivity index (χ1v) is 7.12. The fourth-order valence-electron chi connectivity index (χ4n) is 2.19. The summed E-state index contributed by atoms with van der Waals surface area (Å²) in [6.07, 6.45) is 1.10. The smallest absolute Gasteiger partial charge is 0.270 e. The third-order valence-corrected chi connectivity index (χ3v) is 3.18. The molecule has 1 heterocycles.